The van der Waals surface area contributed by atoms with Crippen molar-refractivity contribution in [2.75, 3.05) is 12.1 Å². The van der Waals surface area contributed by atoms with Crippen LogP contribution in [-0.4, -0.2) is 17.0 Å². The topological polar surface area (TPSA) is 59.2 Å². The molecule has 0 unspecified atom stereocenters. The van der Waals surface area contributed by atoms with Crippen molar-refractivity contribution in [1.82, 2.24) is 10.2 Å². The third-order valence-corrected chi connectivity index (χ3v) is 4.01. The van der Waals surface area contributed by atoms with E-state index in [1.54, 1.807) is 0 Å². The predicted molar refractivity (Wildman–Crippen MR) is 83.7 cm³/mol. The number of rotatable bonds is 3. The number of ether oxygens (including phenoxy) is 2. The minimum absolute atomic E-state index is 0.280. The molecule has 21 heavy (non-hydrogen) atoms. The SMILES string of the molecule is Brc1cc(CNc2ccc3[nH]ncc3c2)cc2c1OCO2. The second-order valence-electron chi connectivity index (χ2n) is 4.84. The second kappa shape index (κ2) is 4.96. The maximum absolute atomic E-state index is 5.43. The van der Waals surface area contributed by atoms with Crippen molar-refractivity contribution in [3.63, 3.8) is 0 Å². The van der Waals surface area contributed by atoms with Gasteiger partial charge in [0.15, 0.2) is 11.5 Å². The van der Waals surface area contributed by atoms with Crippen LogP contribution in [0.4, 0.5) is 5.69 Å². The average Bonchev–Trinajstić information content (AvgIpc) is 3.13. The molecule has 2 aromatic carbocycles. The number of aromatic amines is 1. The van der Waals surface area contributed by atoms with Gasteiger partial charge in [0.25, 0.3) is 0 Å². The Kier molecular flexibility index (Phi) is 2.96. The highest BCUT2D eigenvalue weighted by molar-refractivity contribution is 9.10. The number of fused-ring (bicyclic) bond motifs is 2. The van der Waals surface area contributed by atoms with E-state index in [0.29, 0.717) is 6.54 Å². The third kappa shape index (κ3) is 2.31. The minimum Gasteiger partial charge on any atom is -0.454 e. The van der Waals surface area contributed by atoms with Crippen LogP contribution in [0.1, 0.15) is 5.56 Å². The Labute approximate surface area is 129 Å². The van der Waals surface area contributed by atoms with Crippen LogP contribution in [0.25, 0.3) is 10.9 Å². The van der Waals surface area contributed by atoms with Gasteiger partial charge < -0.3 is 14.8 Å². The van der Waals surface area contributed by atoms with Crippen LogP contribution >= 0.6 is 15.9 Å². The molecule has 0 aliphatic carbocycles. The van der Waals surface area contributed by atoms with Crippen molar-refractivity contribution in [3.05, 3.63) is 46.6 Å². The van der Waals surface area contributed by atoms with E-state index in [-0.39, 0.29) is 6.79 Å². The number of anilines is 1. The number of benzene rings is 2. The molecule has 0 spiro atoms. The second-order valence-corrected chi connectivity index (χ2v) is 5.69. The van der Waals surface area contributed by atoms with Gasteiger partial charge in [0, 0.05) is 17.6 Å². The van der Waals surface area contributed by atoms with Crippen LogP contribution in [0.5, 0.6) is 11.5 Å². The zero-order chi connectivity index (χ0) is 14.2. The molecule has 2 heterocycles. The summed E-state index contributed by atoms with van der Waals surface area (Å²) in [5, 5.41) is 11.5. The van der Waals surface area contributed by atoms with E-state index in [1.165, 1.54) is 0 Å². The summed E-state index contributed by atoms with van der Waals surface area (Å²) in [4.78, 5) is 0. The zero-order valence-electron chi connectivity index (χ0n) is 11.0. The fourth-order valence-corrected chi connectivity index (χ4v) is 2.98. The number of aromatic nitrogens is 2. The summed E-state index contributed by atoms with van der Waals surface area (Å²) in [5.41, 5.74) is 3.21. The highest BCUT2D eigenvalue weighted by atomic mass is 79.9. The van der Waals surface area contributed by atoms with Crippen molar-refractivity contribution in [1.29, 1.82) is 0 Å². The number of halogens is 1. The summed E-state index contributed by atoms with van der Waals surface area (Å²) >= 11 is 3.51. The Hall–Kier alpha value is -2.21. The van der Waals surface area contributed by atoms with Gasteiger partial charge in [0.2, 0.25) is 6.79 Å². The van der Waals surface area contributed by atoms with E-state index in [9.17, 15) is 0 Å². The lowest BCUT2D eigenvalue weighted by Crippen LogP contribution is -1.99. The van der Waals surface area contributed by atoms with Crippen molar-refractivity contribution in [2.24, 2.45) is 0 Å². The summed E-state index contributed by atoms with van der Waals surface area (Å²) < 4.78 is 11.7. The zero-order valence-corrected chi connectivity index (χ0v) is 12.6. The van der Waals surface area contributed by atoms with Gasteiger partial charge in [0.1, 0.15) is 0 Å². The molecule has 4 rings (SSSR count). The Morgan fingerprint density at radius 2 is 2.19 bits per heavy atom. The van der Waals surface area contributed by atoms with E-state index in [4.69, 9.17) is 9.47 Å². The molecule has 0 bridgehead atoms. The molecule has 0 saturated heterocycles. The lowest BCUT2D eigenvalue weighted by atomic mass is 10.2. The van der Waals surface area contributed by atoms with Crippen molar-refractivity contribution >= 4 is 32.5 Å². The van der Waals surface area contributed by atoms with Gasteiger partial charge in [0.05, 0.1) is 16.2 Å². The third-order valence-electron chi connectivity index (χ3n) is 3.42. The molecule has 1 aliphatic heterocycles. The number of nitrogens with zero attached hydrogens (tertiary/aromatic N) is 1. The molecule has 2 N–H and O–H groups in total. The first kappa shape index (κ1) is 12.5. The van der Waals surface area contributed by atoms with E-state index in [0.717, 1.165) is 38.1 Å². The first-order valence-electron chi connectivity index (χ1n) is 6.54. The van der Waals surface area contributed by atoms with Crippen LogP contribution in [0.2, 0.25) is 0 Å². The Morgan fingerprint density at radius 1 is 1.24 bits per heavy atom. The molecule has 3 aromatic rings. The van der Waals surface area contributed by atoms with Crippen LogP contribution in [0.15, 0.2) is 41.0 Å². The largest absolute Gasteiger partial charge is 0.454 e. The first-order chi connectivity index (χ1) is 10.3. The fraction of sp³-hybridized carbons (Fsp3) is 0.133. The molecule has 6 heteroatoms. The van der Waals surface area contributed by atoms with Gasteiger partial charge in [-0.05, 0) is 51.8 Å². The summed E-state index contributed by atoms with van der Waals surface area (Å²) in [6.45, 7) is 0.987. The number of H-pyrrole nitrogens is 1. The number of nitrogens with one attached hydrogen (secondary N) is 2. The van der Waals surface area contributed by atoms with Gasteiger partial charge >= 0.3 is 0 Å². The predicted octanol–water partition coefficient (Wildman–Crippen LogP) is 3.67. The lowest BCUT2D eigenvalue weighted by molar-refractivity contribution is 0.173. The molecule has 0 radical (unpaired) electrons. The van der Waals surface area contributed by atoms with Gasteiger partial charge in [-0.15, -0.1) is 0 Å². The van der Waals surface area contributed by atoms with Crippen molar-refractivity contribution < 1.29 is 9.47 Å². The molecule has 0 amide bonds. The number of hydrogen-bond acceptors (Lipinski definition) is 4. The fourth-order valence-electron chi connectivity index (χ4n) is 2.38. The van der Waals surface area contributed by atoms with Crippen LogP contribution in [0, 0.1) is 0 Å². The standard InChI is InChI=1S/C15H12BrN3O2/c16-12-3-9(4-14-15(12)21-8-20-14)6-17-11-1-2-13-10(5-11)7-18-19-13/h1-5,7,17H,6,8H2,(H,18,19). The molecule has 0 fully saturated rings. The van der Waals surface area contributed by atoms with E-state index in [1.807, 2.05) is 30.5 Å². The van der Waals surface area contributed by atoms with Crippen LogP contribution in [-0.2, 0) is 6.54 Å². The molecule has 1 aromatic heterocycles. The smallest absolute Gasteiger partial charge is 0.231 e. The monoisotopic (exact) mass is 345 g/mol. The normalized spacial score (nSPS) is 12.8. The lowest BCUT2D eigenvalue weighted by Gasteiger charge is -2.08. The van der Waals surface area contributed by atoms with Gasteiger partial charge in [-0.2, -0.15) is 5.10 Å². The Bertz CT molecular complexity index is 816. The highest BCUT2D eigenvalue weighted by Gasteiger charge is 2.17. The maximum Gasteiger partial charge on any atom is 0.231 e. The molecule has 0 atom stereocenters. The Morgan fingerprint density at radius 3 is 3.14 bits per heavy atom. The van der Waals surface area contributed by atoms with Gasteiger partial charge in [-0.3, -0.25) is 5.10 Å². The summed E-state index contributed by atoms with van der Waals surface area (Å²) in [6, 6.07) is 10.1. The summed E-state index contributed by atoms with van der Waals surface area (Å²) in [5.74, 6) is 1.56. The summed E-state index contributed by atoms with van der Waals surface area (Å²) in [6.07, 6.45) is 1.82. The number of hydrogen-bond donors (Lipinski definition) is 2. The molecule has 0 saturated carbocycles. The van der Waals surface area contributed by atoms with Crippen molar-refractivity contribution in [3.8, 4) is 11.5 Å². The van der Waals surface area contributed by atoms with Gasteiger partial charge in [-0.1, -0.05) is 0 Å². The molecular formula is C15H12BrN3O2. The van der Waals surface area contributed by atoms with Gasteiger partial charge in [-0.25, -0.2) is 0 Å². The molecule has 106 valence electrons. The minimum atomic E-state index is 0.280. The highest BCUT2D eigenvalue weighted by Crippen LogP contribution is 2.40. The van der Waals surface area contributed by atoms with E-state index in [2.05, 4.69) is 37.5 Å². The van der Waals surface area contributed by atoms with Crippen molar-refractivity contribution in [2.45, 2.75) is 6.54 Å². The molecule has 5 nitrogen and oxygen atoms in total. The van der Waals surface area contributed by atoms with E-state index < -0.39 is 0 Å². The quantitative estimate of drug-likeness (QED) is 0.760. The van der Waals surface area contributed by atoms with Crippen LogP contribution < -0.4 is 14.8 Å². The summed E-state index contributed by atoms with van der Waals surface area (Å²) in [7, 11) is 0. The maximum atomic E-state index is 5.43. The molecular weight excluding hydrogens is 334 g/mol. The van der Waals surface area contributed by atoms with Crippen LogP contribution in [0.3, 0.4) is 0 Å². The first-order valence-corrected chi connectivity index (χ1v) is 7.34. The average molecular weight is 346 g/mol. The Balaban J connectivity index is 1.55. The molecule has 1 aliphatic rings. The van der Waals surface area contributed by atoms with E-state index >= 15 is 0 Å².